The van der Waals surface area contributed by atoms with Gasteiger partial charge in [0.05, 0.1) is 17.3 Å². The topological polar surface area (TPSA) is 94.9 Å². The molecule has 0 unspecified atom stereocenters. The molecular weight excluding hydrogens is 372 g/mol. The highest BCUT2D eigenvalue weighted by Gasteiger charge is 2.22. The number of pyridine rings is 1. The van der Waals surface area contributed by atoms with Crippen molar-refractivity contribution in [3.05, 3.63) is 48.2 Å². The van der Waals surface area contributed by atoms with Gasteiger partial charge in [0.25, 0.3) is 5.91 Å². The number of nitrogens with one attached hydrogen (secondary N) is 2. The summed E-state index contributed by atoms with van der Waals surface area (Å²) in [6, 6.07) is 12.6. The Labute approximate surface area is 169 Å². The van der Waals surface area contributed by atoms with Crippen molar-refractivity contribution in [2.45, 2.75) is 31.2 Å². The molecule has 7 heteroatoms. The minimum absolute atomic E-state index is 0.0889. The first-order valence-electron chi connectivity index (χ1n) is 9.01. The lowest BCUT2D eigenvalue weighted by Gasteiger charge is -2.19. The third-order valence-corrected chi connectivity index (χ3v) is 4.88. The van der Waals surface area contributed by atoms with Crippen molar-refractivity contribution < 1.29 is 9.59 Å². The number of carbonyl (C=O) groups is 2. The molecule has 1 aromatic carbocycles. The molecule has 28 heavy (non-hydrogen) atoms. The van der Waals surface area contributed by atoms with Crippen LogP contribution >= 0.6 is 11.8 Å². The first kappa shape index (κ1) is 21.5. The molecule has 0 bridgehead atoms. The van der Waals surface area contributed by atoms with E-state index < -0.39 is 6.04 Å². The molecule has 146 valence electrons. The van der Waals surface area contributed by atoms with Gasteiger partial charge in [-0.3, -0.25) is 14.6 Å². The number of nitriles is 1. The molecule has 1 atom stereocenters. The zero-order valence-electron chi connectivity index (χ0n) is 16.2. The molecule has 0 fully saturated rings. The fourth-order valence-electron chi connectivity index (χ4n) is 2.74. The number of aromatic nitrogens is 1. The van der Waals surface area contributed by atoms with Crippen LogP contribution in [0, 0.1) is 17.2 Å². The predicted octanol–water partition coefficient (Wildman–Crippen LogP) is 3.25. The summed E-state index contributed by atoms with van der Waals surface area (Å²) >= 11 is 1.64. The fourth-order valence-corrected chi connectivity index (χ4v) is 3.35. The molecule has 2 amide bonds. The number of amides is 2. The van der Waals surface area contributed by atoms with Gasteiger partial charge in [-0.15, -0.1) is 11.8 Å². The van der Waals surface area contributed by atoms with E-state index in [9.17, 15) is 9.59 Å². The van der Waals surface area contributed by atoms with Crippen molar-refractivity contribution in [3.63, 3.8) is 0 Å². The second kappa shape index (κ2) is 10.5. The maximum absolute atomic E-state index is 12.6. The highest BCUT2D eigenvalue weighted by molar-refractivity contribution is 7.98. The van der Waals surface area contributed by atoms with Gasteiger partial charge in [0.1, 0.15) is 12.6 Å². The van der Waals surface area contributed by atoms with E-state index in [0.717, 1.165) is 16.2 Å². The number of rotatable bonds is 8. The first-order valence-corrected chi connectivity index (χ1v) is 10.2. The number of hydrogen-bond acceptors (Lipinski definition) is 5. The predicted molar refractivity (Wildman–Crippen MR) is 111 cm³/mol. The van der Waals surface area contributed by atoms with Crippen LogP contribution in [-0.4, -0.2) is 35.6 Å². The molecule has 1 heterocycles. The van der Waals surface area contributed by atoms with Gasteiger partial charge in [0.2, 0.25) is 5.91 Å². The van der Waals surface area contributed by atoms with Gasteiger partial charge in [-0.2, -0.15) is 5.26 Å². The van der Waals surface area contributed by atoms with Gasteiger partial charge in [0, 0.05) is 16.7 Å². The molecular formula is C21H24N4O2S. The van der Waals surface area contributed by atoms with E-state index in [-0.39, 0.29) is 24.3 Å². The van der Waals surface area contributed by atoms with Crippen molar-refractivity contribution in [1.29, 1.82) is 5.26 Å². The average molecular weight is 397 g/mol. The van der Waals surface area contributed by atoms with Crippen molar-refractivity contribution in [1.82, 2.24) is 15.6 Å². The van der Waals surface area contributed by atoms with Crippen LogP contribution in [0.3, 0.4) is 0 Å². The largest absolute Gasteiger partial charge is 0.341 e. The first-order chi connectivity index (χ1) is 13.5. The lowest BCUT2D eigenvalue weighted by molar-refractivity contribution is -0.123. The normalized spacial score (nSPS) is 11.5. The van der Waals surface area contributed by atoms with Crippen molar-refractivity contribution in [2.75, 3.05) is 12.8 Å². The molecule has 1 aromatic heterocycles. The number of benzene rings is 1. The van der Waals surface area contributed by atoms with Crippen molar-refractivity contribution >= 4 is 23.6 Å². The zero-order chi connectivity index (χ0) is 20.5. The van der Waals surface area contributed by atoms with Crippen LogP contribution in [0.1, 0.15) is 30.6 Å². The molecule has 0 aliphatic rings. The van der Waals surface area contributed by atoms with E-state index >= 15 is 0 Å². The fraction of sp³-hybridized carbons (Fsp3) is 0.333. The Kier molecular flexibility index (Phi) is 8.02. The number of thioether (sulfide) groups is 1. The molecule has 2 aromatic rings. The maximum Gasteiger partial charge on any atom is 0.253 e. The summed E-state index contributed by atoms with van der Waals surface area (Å²) in [5, 5.41) is 13.9. The summed E-state index contributed by atoms with van der Waals surface area (Å²) in [6.07, 6.45) is 4.00. The molecule has 0 radical (unpaired) electrons. The number of hydrogen-bond donors (Lipinski definition) is 2. The Morgan fingerprint density at radius 3 is 2.57 bits per heavy atom. The summed E-state index contributed by atoms with van der Waals surface area (Å²) in [5.74, 6) is -0.515. The monoisotopic (exact) mass is 396 g/mol. The van der Waals surface area contributed by atoms with Gasteiger partial charge in [0.15, 0.2) is 0 Å². The molecule has 0 saturated carbocycles. The van der Waals surface area contributed by atoms with Crippen LogP contribution in [0.15, 0.2) is 47.5 Å². The van der Waals surface area contributed by atoms with Gasteiger partial charge in [-0.25, -0.2) is 0 Å². The molecule has 6 nitrogen and oxygen atoms in total. The minimum atomic E-state index is -0.697. The van der Waals surface area contributed by atoms with E-state index in [1.54, 1.807) is 23.9 Å². The van der Waals surface area contributed by atoms with Crippen molar-refractivity contribution in [2.24, 2.45) is 5.92 Å². The summed E-state index contributed by atoms with van der Waals surface area (Å²) in [7, 11) is 0. The third-order valence-electron chi connectivity index (χ3n) is 4.08. The minimum Gasteiger partial charge on any atom is -0.341 e. The summed E-state index contributed by atoms with van der Waals surface area (Å²) < 4.78 is 0. The second-order valence-corrected chi connectivity index (χ2v) is 7.51. The maximum atomic E-state index is 12.6. The average Bonchev–Trinajstić information content (AvgIpc) is 2.71. The lowest BCUT2D eigenvalue weighted by atomic mass is 10.0. The quantitative estimate of drug-likeness (QED) is 0.527. The van der Waals surface area contributed by atoms with Crippen molar-refractivity contribution in [3.8, 4) is 17.3 Å². The Morgan fingerprint density at radius 2 is 1.96 bits per heavy atom. The molecule has 0 spiro atoms. The van der Waals surface area contributed by atoms with Crippen LogP contribution in [0.4, 0.5) is 0 Å². The standard InChI is InChI=1S/C21H24N4O2S/c1-14(2)12-18(21(27)23-11-10-22)25-20(26)15-8-9-17(24-13-15)16-6-4-5-7-19(16)28-3/h4-9,13-14,18H,11-12H2,1-3H3,(H,23,27)(H,25,26)/t18-/m0/s1. The molecule has 2 rings (SSSR count). The van der Waals surface area contributed by atoms with Crippen LogP contribution < -0.4 is 10.6 Å². The SMILES string of the molecule is CSc1ccccc1-c1ccc(C(=O)N[C@@H](CC(C)C)C(=O)NCC#N)cn1. The number of carbonyl (C=O) groups excluding carboxylic acids is 2. The molecule has 0 aliphatic carbocycles. The van der Waals surface area contributed by atoms with E-state index in [1.165, 1.54) is 6.20 Å². The van der Waals surface area contributed by atoms with E-state index in [2.05, 4.69) is 15.6 Å². The Morgan fingerprint density at radius 1 is 1.21 bits per heavy atom. The smallest absolute Gasteiger partial charge is 0.253 e. The summed E-state index contributed by atoms with van der Waals surface area (Å²) in [5.41, 5.74) is 2.18. The number of nitrogens with zero attached hydrogens (tertiary/aromatic N) is 2. The highest BCUT2D eigenvalue weighted by Crippen LogP contribution is 2.28. The third kappa shape index (κ3) is 5.83. The summed E-state index contributed by atoms with van der Waals surface area (Å²) in [4.78, 5) is 30.3. The summed E-state index contributed by atoms with van der Waals surface area (Å²) in [6.45, 7) is 3.85. The van der Waals surface area contributed by atoms with Crippen LogP contribution in [0.25, 0.3) is 11.3 Å². The zero-order valence-corrected chi connectivity index (χ0v) is 17.0. The highest BCUT2D eigenvalue weighted by atomic mass is 32.2. The molecule has 0 aliphatic heterocycles. The van der Waals surface area contributed by atoms with Gasteiger partial charge >= 0.3 is 0 Å². The Bertz CT molecular complexity index is 859. The van der Waals surface area contributed by atoms with Crippen LogP contribution in [0.5, 0.6) is 0 Å². The molecule has 0 saturated heterocycles. The van der Waals surface area contributed by atoms with Gasteiger partial charge in [-0.1, -0.05) is 32.0 Å². The van der Waals surface area contributed by atoms with Crippen LogP contribution in [-0.2, 0) is 4.79 Å². The van der Waals surface area contributed by atoms with Crippen LogP contribution in [0.2, 0.25) is 0 Å². The molecule has 2 N–H and O–H groups in total. The second-order valence-electron chi connectivity index (χ2n) is 6.66. The Balaban J connectivity index is 2.14. The van der Waals surface area contributed by atoms with Gasteiger partial charge < -0.3 is 10.6 Å². The van der Waals surface area contributed by atoms with E-state index in [4.69, 9.17) is 5.26 Å². The lowest BCUT2D eigenvalue weighted by Crippen LogP contribution is -2.47. The van der Waals surface area contributed by atoms with E-state index in [0.29, 0.717) is 12.0 Å². The Hall–Kier alpha value is -2.85. The van der Waals surface area contributed by atoms with E-state index in [1.807, 2.05) is 50.4 Å². The van der Waals surface area contributed by atoms with Gasteiger partial charge in [-0.05, 0) is 36.8 Å².